The molecular weight excluding hydrogens is 825 g/mol. The van der Waals surface area contributed by atoms with Gasteiger partial charge < -0.3 is 24.7 Å². The van der Waals surface area contributed by atoms with Crippen molar-refractivity contribution < 1.29 is 27.6 Å². The van der Waals surface area contributed by atoms with Crippen molar-refractivity contribution >= 4 is 60.8 Å². The third-order valence-corrected chi connectivity index (χ3v) is 15.2. The van der Waals surface area contributed by atoms with E-state index in [0.29, 0.717) is 31.4 Å². The van der Waals surface area contributed by atoms with Gasteiger partial charge in [-0.05, 0) is 116 Å². The summed E-state index contributed by atoms with van der Waals surface area (Å²) in [6, 6.07) is 20.8. The number of thiophene rings is 1. The number of ether oxygens (including phenoxy) is 2. The van der Waals surface area contributed by atoms with Gasteiger partial charge in [0.1, 0.15) is 17.2 Å². The molecule has 0 spiro atoms. The summed E-state index contributed by atoms with van der Waals surface area (Å²) in [4.78, 5) is 35.8. The highest BCUT2D eigenvalue weighted by molar-refractivity contribution is 7.90. The van der Waals surface area contributed by atoms with Gasteiger partial charge in [0.05, 0.1) is 15.4 Å². The molecule has 0 unspecified atom stereocenters. The van der Waals surface area contributed by atoms with Crippen LogP contribution in [0.25, 0.3) is 16.5 Å². The van der Waals surface area contributed by atoms with Crippen LogP contribution in [0.5, 0.6) is 11.5 Å². The molecule has 0 bridgehead atoms. The Morgan fingerprint density at radius 2 is 1.81 bits per heavy atom. The summed E-state index contributed by atoms with van der Waals surface area (Å²) in [5, 5.41) is 16.1. The van der Waals surface area contributed by atoms with E-state index in [1.54, 1.807) is 23.8 Å². The van der Waals surface area contributed by atoms with Crippen molar-refractivity contribution in [2.24, 2.45) is 11.3 Å². The summed E-state index contributed by atoms with van der Waals surface area (Å²) >= 11 is 1.94. The second-order valence-corrected chi connectivity index (χ2v) is 20.7. The number of benzene rings is 3. The predicted molar refractivity (Wildman–Crippen MR) is 246 cm³/mol. The van der Waals surface area contributed by atoms with Gasteiger partial charge in [0, 0.05) is 97.2 Å². The maximum Gasteiger partial charge on any atom is 0.293 e. The lowest BCUT2D eigenvalue weighted by Crippen LogP contribution is -2.47. The molecule has 3 aromatic carbocycles. The fourth-order valence-electron chi connectivity index (χ4n) is 8.65. The van der Waals surface area contributed by atoms with Gasteiger partial charge >= 0.3 is 0 Å². The molecule has 1 aliphatic carbocycles. The zero-order chi connectivity index (χ0) is 43.6. The van der Waals surface area contributed by atoms with E-state index in [0.717, 1.165) is 81.1 Å². The van der Waals surface area contributed by atoms with Crippen molar-refractivity contribution in [3.63, 3.8) is 0 Å². The molecule has 2 saturated heterocycles. The molecule has 15 heteroatoms. The Kier molecular flexibility index (Phi) is 12.8. The van der Waals surface area contributed by atoms with Crippen LogP contribution in [0.2, 0.25) is 0 Å². The second-order valence-electron chi connectivity index (χ2n) is 17.9. The molecule has 0 saturated carbocycles. The van der Waals surface area contributed by atoms with Crippen LogP contribution >= 0.6 is 11.3 Å². The minimum absolute atomic E-state index is 0.00302. The van der Waals surface area contributed by atoms with E-state index in [1.165, 1.54) is 33.9 Å². The van der Waals surface area contributed by atoms with Gasteiger partial charge in [0.15, 0.2) is 0 Å². The van der Waals surface area contributed by atoms with E-state index in [-0.39, 0.29) is 28.3 Å². The average molecular weight is 881 g/mol. The molecule has 2 aliphatic heterocycles. The Balaban J connectivity index is 1.00. The van der Waals surface area contributed by atoms with Crippen molar-refractivity contribution in [3.05, 3.63) is 110 Å². The fourth-order valence-corrected chi connectivity index (χ4v) is 10.7. The zero-order valence-electron chi connectivity index (χ0n) is 35.9. The van der Waals surface area contributed by atoms with Crippen molar-refractivity contribution in [2.45, 2.75) is 70.6 Å². The molecule has 5 aromatic rings. The normalized spacial score (nSPS) is 17.7. The first-order chi connectivity index (χ1) is 29.7. The molecule has 8 rings (SSSR count). The van der Waals surface area contributed by atoms with Crippen molar-refractivity contribution in [1.82, 2.24) is 14.6 Å². The standard InChI is InChI=1S/C47H56N6O7S2/c1-31(2)44-11-12-45(61-44)39-28-47(3,4)17-13-34(39)30-51-19-21-52(22-20-51)35-5-8-38(43(26-35)60-36-6-9-40-33(25-36)14-18-48-40)46(54)50-62(57,58)37-7-10-41(42(27-37)53(55)56)49-29-32-15-23-59-24-16-32/h5-12,14,18,25-27,31-32,48-49H,13,15-17,19-24,28-30H2,1-4H3,(H,50,54). The Morgan fingerprint density at radius 1 is 1.02 bits per heavy atom. The van der Waals surface area contributed by atoms with Gasteiger partial charge in [-0.3, -0.25) is 19.8 Å². The van der Waals surface area contributed by atoms with Crippen molar-refractivity contribution in [2.75, 3.05) is 62.7 Å². The summed E-state index contributed by atoms with van der Waals surface area (Å²) in [7, 11) is -4.53. The molecule has 3 N–H and O–H groups in total. The lowest BCUT2D eigenvalue weighted by molar-refractivity contribution is -0.384. The smallest absolute Gasteiger partial charge is 0.293 e. The van der Waals surface area contributed by atoms with Gasteiger partial charge in [-0.25, -0.2) is 13.1 Å². The number of allylic oxidation sites excluding steroid dienone is 1. The molecule has 3 aliphatic rings. The van der Waals surface area contributed by atoms with Gasteiger partial charge in [0.25, 0.3) is 21.6 Å². The molecule has 2 aromatic heterocycles. The number of aromatic nitrogens is 1. The molecule has 1 amide bonds. The topological polar surface area (TPSA) is 159 Å². The van der Waals surface area contributed by atoms with Crippen LogP contribution in [0.4, 0.5) is 17.1 Å². The Morgan fingerprint density at radius 3 is 2.55 bits per heavy atom. The number of nitrogens with one attached hydrogen (secondary N) is 3. The average Bonchev–Trinajstić information content (AvgIpc) is 3.95. The minimum Gasteiger partial charge on any atom is -0.456 e. The Hall–Kier alpha value is -5.22. The van der Waals surface area contributed by atoms with Crippen LogP contribution in [0.3, 0.4) is 0 Å². The van der Waals surface area contributed by atoms with E-state index in [4.69, 9.17) is 9.47 Å². The zero-order valence-corrected chi connectivity index (χ0v) is 37.5. The monoisotopic (exact) mass is 880 g/mol. The number of amides is 1. The van der Waals surface area contributed by atoms with Crippen LogP contribution in [0.1, 0.15) is 85.8 Å². The number of nitro groups is 1. The maximum atomic E-state index is 13.9. The number of carbonyl (C=O) groups is 1. The predicted octanol–water partition coefficient (Wildman–Crippen LogP) is 9.80. The third-order valence-electron chi connectivity index (χ3n) is 12.4. The summed E-state index contributed by atoms with van der Waals surface area (Å²) in [6.45, 7) is 15.2. The van der Waals surface area contributed by atoms with Gasteiger partial charge in [-0.15, -0.1) is 11.3 Å². The number of rotatable bonds is 14. The number of nitro benzene ring substituents is 1. The van der Waals surface area contributed by atoms with E-state index < -0.39 is 31.4 Å². The van der Waals surface area contributed by atoms with E-state index in [2.05, 4.69) is 64.7 Å². The summed E-state index contributed by atoms with van der Waals surface area (Å²) in [5.74, 6) is 0.528. The number of H-pyrrole nitrogens is 1. The first-order valence-corrected chi connectivity index (χ1v) is 23.9. The van der Waals surface area contributed by atoms with Crippen LogP contribution in [0.15, 0.2) is 89.5 Å². The van der Waals surface area contributed by atoms with Crippen LogP contribution in [-0.2, 0) is 14.8 Å². The number of fused-ring (bicyclic) bond motifs is 1. The van der Waals surface area contributed by atoms with E-state index in [1.807, 2.05) is 41.8 Å². The number of carbonyl (C=O) groups excluding carboxylic acids is 1. The van der Waals surface area contributed by atoms with E-state index >= 15 is 0 Å². The lowest BCUT2D eigenvalue weighted by atomic mass is 9.74. The number of aromatic amines is 1. The summed E-state index contributed by atoms with van der Waals surface area (Å²) in [5.41, 5.74) is 4.91. The highest BCUT2D eigenvalue weighted by atomic mass is 32.2. The SMILES string of the molecule is CC(C)c1ccc(C2=C(CN3CCN(c4ccc(C(=O)NS(=O)(=O)c5ccc(NCC6CCOCC6)c([N+](=O)[O-])c5)c(Oc5ccc6[nH]ccc6c5)c4)CC3)CCC(C)(C)C2)s1. The highest BCUT2D eigenvalue weighted by Gasteiger charge is 2.31. The van der Waals surface area contributed by atoms with Gasteiger partial charge in [-0.1, -0.05) is 33.3 Å². The van der Waals surface area contributed by atoms with Crippen molar-refractivity contribution in [1.29, 1.82) is 0 Å². The number of hydrogen-bond donors (Lipinski definition) is 3. The quantitative estimate of drug-likeness (QED) is 0.0724. The van der Waals surface area contributed by atoms with Crippen LogP contribution < -0.4 is 19.7 Å². The number of piperazine rings is 1. The number of sulfonamides is 1. The molecule has 62 heavy (non-hydrogen) atoms. The number of hydrogen-bond acceptors (Lipinski definition) is 11. The molecule has 2 fully saturated rings. The Bertz CT molecular complexity index is 2580. The largest absolute Gasteiger partial charge is 0.456 e. The third kappa shape index (κ3) is 10.0. The molecular formula is C47H56N6O7S2. The van der Waals surface area contributed by atoms with Crippen LogP contribution in [-0.4, -0.2) is 81.6 Å². The molecule has 13 nitrogen and oxygen atoms in total. The first-order valence-electron chi connectivity index (χ1n) is 21.6. The van der Waals surface area contributed by atoms with Crippen molar-refractivity contribution in [3.8, 4) is 11.5 Å². The summed E-state index contributed by atoms with van der Waals surface area (Å²) in [6.07, 6.45) is 6.85. The minimum atomic E-state index is -4.53. The molecule has 0 atom stereocenters. The maximum absolute atomic E-state index is 13.9. The highest BCUT2D eigenvalue weighted by Crippen LogP contribution is 2.45. The van der Waals surface area contributed by atoms with Crippen LogP contribution in [0, 0.1) is 21.4 Å². The van der Waals surface area contributed by atoms with Gasteiger partial charge in [-0.2, -0.15) is 0 Å². The number of nitrogens with zero attached hydrogens (tertiary/aromatic N) is 3. The lowest BCUT2D eigenvalue weighted by Gasteiger charge is -2.39. The first kappa shape index (κ1) is 43.4. The van der Waals surface area contributed by atoms with Gasteiger partial charge in [0.2, 0.25) is 0 Å². The summed E-state index contributed by atoms with van der Waals surface area (Å²) < 4.78 is 41.3. The molecule has 4 heterocycles. The van der Waals surface area contributed by atoms with E-state index in [9.17, 15) is 23.3 Å². The Labute approximate surface area is 367 Å². The second kappa shape index (κ2) is 18.2. The fraction of sp³-hybridized carbons (Fsp3) is 0.426. The molecule has 328 valence electrons. The number of anilines is 2. The molecule has 0 radical (unpaired) electrons.